The van der Waals surface area contributed by atoms with E-state index in [0.29, 0.717) is 6.54 Å². The quantitative estimate of drug-likeness (QED) is 0.857. The van der Waals surface area contributed by atoms with Gasteiger partial charge in [0, 0.05) is 18.8 Å². The van der Waals surface area contributed by atoms with Crippen LogP contribution in [0.3, 0.4) is 0 Å². The highest BCUT2D eigenvalue weighted by molar-refractivity contribution is 5.76. The van der Waals surface area contributed by atoms with E-state index in [1.807, 2.05) is 6.92 Å². The molecule has 118 valence electrons. The molecule has 1 fully saturated rings. The predicted molar refractivity (Wildman–Crippen MR) is 71.5 cm³/mol. The second-order valence-corrected chi connectivity index (χ2v) is 5.37. The highest BCUT2D eigenvalue weighted by atomic mass is 19.4. The molecule has 2 rings (SSSR count). The maximum Gasteiger partial charge on any atom is 0.435 e. The molecule has 21 heavy (non-hydrogen) atoms. The number of halogens is 3. The maximum absolute atomic E-state index is 12.5. The molecule has 0 radical (unpaired) electrons. The van der Waals surface area contributed by atoms with Crippen molar-refractivity contribution in [3.63, 3.8) is 0 Å². The fourth-order valence-electron chi connectivity index (χ4n) is 2.86. The molecule has 1 heterocycles. The summed E-state index contributed by atoms with van der Waals surface area (Å²) in [6, 6.07) is 1.11. The summed E-state index contributed by atoms with van der Waals surface area (Å²) in [5.74, 6) is -0.166. The molecular formula is C14H20F3N3O. The number of alkyl halides is 3. The smallest absolute Gasteiger partial charge is 0.338 e. The summed E-state index contributed by atoms with van der Waals surface area (Å²) >= 11 is 0. The molecule has 1 amide bonds. The molecule has 0 atom stereocenters. The Hall–Kier alpha value is -1.53. The van der Waals surface area contributed by atoms with Crippen LogP contribution in [0.2, 0.25) is 0 Å². The Balaban J connectivity index is 2.00. The molecule has 1 aromatic rings. The number of hydrogen-bond acceptors (Lipinski definition) is 2. The van der Waals surface area contributed by atoms with Gasteiger partial charge < -0.3 is 4.90 Å². The lowest BCUT2D eigenvalue weighted by molar-refractivity contribution is -0.142. The van der Waals surface area contributed by atoms with Crippen molar-refractivity contribution in [2.75, 3.05) is 6.54 Å². The first-order valence-corrected chi connectivity index (χ1v) is 7.32. The van der Waals surface area contributed by atoms with Gasteiger partial charge in [-0.2, -0.15) is 18.3 Å². The molecule has 7 heteroatoms. The lowest BCUT2D eigenvalue weighted by atomic mass is 9.94. The Kier molecular flexibility index (Phi) is 4.90. The summed E-state index contributed by atoms with van der Waals surface area (Å²) < 4.78 is 38.5. The van der Waals surface area contributed by atoms with Crippen LogP contribution >= 0.6 is 0 Å². The van der Waals surface area contributed by atoms with Crippen LogP contribution in [0.4, 0.5) is 13.2 Å². The average molecular weight is 303 g/mol. The van der Waals surface area contributed by atoms with Crippen LogP contribution in [0, 0.1) is 0 Å². The van der Waals surface area contributed by atoms with E-state index in [-0.39, 0.29) is 18.5 Å². The summed E-state index contributed by atoms with van der Waals surface area (Å²) in [7, 11) is 0. The van der Waals surface area contributed by atoms with E-state index in [0.717, 1.165) is 36.4 Å². The summed E-state index contributed by atoms with van der Waals surface area (Å²) in [5, 5.41) is 3.43. The van der Waals surface area contributed by atoms with Gasteiger partial charge in [-0.25, -0.2) is 0 Å². The Bertz CT molecular complexity index is 478. The zero-order valence-corrected chi connectivity index (χ0v) is 12.1. The molecule has 1 aliphatic carbocycles. The zero-order chi connectivity index (χ0) is 15.5. The van der Waals surface area contributed by atoms with Crippen molar-refractivity contribution in [2.45, 2.75) is 57.8 Å². The minimum Gasteiger partial charge on any atom is -0.338 e. The average Bonchev–Trinajstić information content (AvgIpc) is 2.89. The van der Waals surface area contributed by atoms with Crippen LogP contribution in [0.1, 0.15) is 44.7 Å². The Morgan fingerprint density at radius 3 is 2.57 bits per heavy atom. The van der Waals surface area contributed by atoms with Crippen LogP contribution in [-0.2, 0) is 17.5 Å². The van der Waals surface area contributed by atoms with Crippen molar-refractivity contribution in [2.24, 2.45) is 0 Å². The van der Waals surface area contributed by atoms with E-state index in [9.17, 15) is 18.0 Å². The minimum atomic E-state index is -4.47. The van der Waals surface area contributed by atoms with Crippen molar-refractivity contribution in [3.8, 4) is 0 Å². The molecule has 1 aromatic heterocycles. The lowest BCUT2D eigenvalue weighted by Crippen LogP contribution is -2.43. The number of rotatable bonds is 4. The van der Waals surface area contributed by atoms with Gasteiger partial charge in [-0.05, 0) is 25.8 Å². The van der Waals surface area contributed by atoms with Gasteiger partial charge in [-0.15, -0.1) is 0 Å². The normalized spacial score (nSPS) is 17.0. The molecule has 0 unspecified atom stereocenters. The number of carbonyl (C=O) groups is 1. The predicted octanol–water partition coefficient (Wildman–Crippen LogP) is 3.08. The SMILES string of the molecule is CCN(C(=O)Cn1ccc(C(F)(F)F)n1)C1CCCCC1. The van der Waals surface area contributed by atoms with E-state index < -0.39 is 11.9 Å². The Morgan fingerprint density at radius 1 is 1.38 bits per heavy atom. The van der Waals surface area contributed by atoms with Gasteiger partial charge in [0.25, 0.3) is 0 Å². The van der Waals surface area contributed by atoms with Gasteiger partial charge in [0.05, 0.1) is 0 Å². The largest absolute Gasteiger partial charge is 0.435 e. The van der Waals surface area contributed by atoms with Crippen LogP contribution in [0.5, 0.6) is 0 Å². The first kappa shape index (κ1) is 15.9. The van der Waals surface area contributed by atoms with Crippen LogP contribution in [0.25, 0.3) is 0 Å². The molecule has 0 saturated heterocycles. The monoisotopic (exact) mass is 303 g/mol. The number of carbonyl (C=O) groups excluding carboxylic acids is 1. The van der Waals surface area contributed by atoms with Crippen molar-refractivity contribution in [3.05, 3.63) is 18.0 Å². The molecule has 4 nitrogen and oxygen atoms in total. The maximum atomic E-state index is 12.5. The van der Waals surface area contributed by atoms with Crippen molar-refractivity contribution < 1.29 is 18.0 Å². The second kappa shape index (κ2) is 6.49. The van der Waals surface area contributed by atoms with Gasteiger partial charge in [0.1, 0.15) is 6.54 Å². The summed E-state index contributed by atoms with van der Waals surface area (Å²) in [5.41, 5.74) is -0.962. The molecule has 1 aliphatic rings. The van der Waals surface area contributed by atoms with E-state index in [2.05, 4.69) is 5.10 Å². The number of aromatic nitrogens is 2. The lowest BCUT2D eigenvalue weighted by Gasteiger charge is -2.33. The molecule has 0 bridgehead atoms. The van der Waals surface area contributed by atoms with Gasteiger partial charge in [-0.3, -0.25) is 9.48 Å². The van der Waals surface area contributed by atoms with E-state index in [4.69, 9.17) is 0 Å². The van der Waals surface area contributed by atoms with Crippen molar-refractivity contribution in [1.82, 2.24) is 14.7 Å². The second-order valence-electron chi connectivity index (χ2n) is 5.37. The van der Waals surface area contributed by atoms with Gasteiger partial charge >= 0.3 is 6.18 Å². The zero-order valence-electron chi connectivity index (χ0n) is 12.1. The van der Waals surface area contributed by atoms with Gasteiger partial charge in [0.2, 0.25) is 5.91 Å². The van der Waals surface area contributed by atoms with Gasteiger partial charge in [-0.1, -0.05) is 19.3 Å². The molecule has 0 spiro atoms. The third kappa shape index (κ3) is 3.98. The first-order valence-electron chi connectivity index (χ1n) is 7.32. The summed E-state index contributed by atoms with van der Waals surface area (Å²) in [6.45, 7) is 2.34. The van der Waals surface area contributed by atoms with Crippen LogP contribution in [0.15, 0.2) is 12.3 Å². The standard InChI is InChI=1S/C14H20F3N3O/c1-2-20(11-6-4-3-5-7-11)13(21)10-19-9-8-12(18-19)14(15,16)17/h8-9,11H,2-7,10H2,1H3. The first-order chi connectivity index (χ1) is 9.91. The van der Waals surface area contributed by atoms with Crippen molar-refractivity contribution in [1.29, 1.82) is 0 Å². The Labute approximate surface area is 121 Å². The highest BCUT2D eigenvalue weighted by Gasteiger charge is 2.34. The number of amides is 1. The number of nitrogens with zero attached hydrogens (tertiary/aromatic N) is 3. The molecule has 0 N–H and O–H groups in total. The van der Waals surface area contributed by atoms with Crippen LogP contribution in [-0.4, -0.2) is 33.2 Å². The topological polar surface area (TPSA) is 38.1 Å². The van der Waals surface area contributed by atoms with Crippen molar-refractivity contribution >= 4 is 5.91 Å². The summed E-state index contributed by atoms with van der Waals surface area (Å²) in [6.07, 6.45) is 2.09. The summed E-state index contributed by atoms with van der Waals surface area (Å²) in [4.78, 5) is 14.1. The molecule has 0 aromatic carbocycles. The third-order valence-corrected chi connectivity index (χ3v) is 3.90. The minimum absolute atomic E-state index is 0.138. The Morgan fingerprint density at radius 2 is 2.05 bits per heavy atom. The number of hydrogen-bond donors (Lipinski definition) is 0. The van der Waals surface area contributed by atoms with E-state index >= 15 is 0 Å². The molecule has 1 saturated carbocycles. The van der Waals surface area contributed by atoms with Crippen LogP contribution < -0.4 is 0 Å². The highest BCUT2D eigenvalue weighted by Crippen LogP contribution is 2.27. The molecule has 0 aliphatic heterocycles. The van der Waals surface area contributed by atoms with Gasteiger partial charge in [0.15, 0.2) is 5.69 Å². The fourth-order valence-corrected chi connectivity index (χ4v) is 2.86. The number of likely N-dealkylation sites (N-methyl/N-ethyl adjacent to an activating group) is 1. The van der Waals surface area contributed by atoms with E-state index in [1.54, 1.807) is 4.90 Å². The van der Waals surface area contributed by atoms with E-state index in [1.165, 1.54) is 12.6 Å². The molecular weight excluding hydrogens is 283 g/mol. The third-order valence-electron chi connectivity index (χ3n) is 3.90. The fraction of sp³-hybridized carbons (Fsp3) is 0.714.